The van der Waals surface area contributed by atoms with Crippen LogP contribution in [-0.4, -0.2) is 16.0 Å². The molecule has 1 aromatic rings. The Hall–Kier alpha value is -0.830. The van der Waals surface area contributed by atoms with Crippen LogP contribution in [0.25, 0.3) is 0 Å². The first-order valence-corrected chi connectivity index (χ1v) is 6.83. The van der Waals surface area contributed by atoms with E-state index in [9.17, 15) is 0 Å². The first kappa shape index (κ1) is 12.6. The molecule has 0 spiro atoms. The molecule has 94 valence electrons. The van der Waals surface area contributed by atoms with Gasteiger partial charge in [0.2, 0.25) is 0 Å². The normalized spacial score (nSPS) is 17.4. The van der Waals surface area contributed by atoms with Crippen molar-refractivity contribution in [3.8, 4) is 0 Å². The number of nitrogens with one attached hydrogen (secondary N) is 1. The van der Waals surface area contributed by atoms with E-state index in [1.807, 2.05) is 0 Å². The lowest BCUT2D eigenvalue weighted by molar-refractivity contribution is 0.461. The molecule has 0 amide bonds. The fourth-order valence-corrected chi connectivity index (χ4v) is 2.79. The number of aromatic nitrogens is 2. The summed E-state index contributed by atoms with van der Waals surface area (Å²) in [6.45, 7) is 4.24. The molecular formula is C13H20ClN3. The standard InChI is InChI=1S/C13H20ClN3/c1-9(2)11-12(14)15-8-16-13(11)17-10-6-4-3-5-7-10/h8-10H,3-7H2,1-2H3,(H,15,16,17). The Morgan fingerprint density at radius 1 is 1.24 bits per heavy atom. The summed E-state index contributed by atoms with van der Waals surface area (Å²) in [5.41, 5.74) is 1.04. The fraction of sp³-hybridized carbons (Fsp3) is 0.692. The summed E-state index contributed by atoms with van der Waals surface area (Å²) in [6, 6.07) is 0.548. The summed E-state index contributed by atoms with van der Waals surface area (Å²) in [5, 5.41) is 4.11. The number of hydrogen-bond acceptors (Lipinski definition) is 3. The molecule has 0 aromatic carbocycles. The van der Waals surface area contributed by atoms with Crippen LogP contribution < -0.4 is 5.32 Å². The van der Waals surface area contributed by atoms with Crippen LogP contribution in [0.4, 0.5) is 5.82 Å². The van der Waals surface area contributed by atoms with Crippen molar-refractivity contribution in [2.45, 2.75) is 57.9 Å². The van der Waals surface area contributed by atoms with Gasteiger partial charge in [-0.25, -0.2) is 9.97 Å². The molecule has 0 saturated heterocycles. The topological polar surface area (TPSA) is 37.8 Å². The van der Waals surface area contributed by atoms with Crippen molar-refractivity contribution in [2.75, 3.05) is 5.32 Å². The molecule has 1 aliphatic carbocycles. The lowest BCUT2D eigenvalue weighted by Crippen LogP contribution is -2.24. The van der Waals surface area contributed by atoms with Gasteiger partial charge < -0.3 is 5.32 Å². The number of rotatable bonds is 3. The van der Waals surface area contributed by atoms with Crippen LogP contribution in [0.15, 0.2) is 6.33 Å². The van der Waals surface area contributed by atoms with Crippen LogP contribution in [0, 0.1) is 0 Å². The SMILES string of the molecule is CC(C)c1c(Cl)ncnc1NC1CCCCC1. The highest BCUT2D eigenvalue weighted by Crippen LogP contribution is 2.30. The van der Waals surface area contributed by atoms with Crippen molar-refractivity contribution in [1.82, 2.24) is 9.97 Å². The van der Waals surface area contributed by atoms with Crippen molar-refractivity contribution in [2.24, 2.45) is 0 Å². The van der Waals surface area contributed by atoms with Crippen molar-refractivity contribution in [1.29, 1.82) is 0 Å². The number of hydrogen-bond donors (Lipinski definition) is 1. The molecule has 17 heavy (non-hydrogen) atoms. The second-order valence-corrected chi connectivity index (χ2v) is 5.42. The second-order valence-electron chi connectivity index (χ2n) is 5.06. The predicted octanol–water partition coefficient (Wildman–Crippen LogP) is 4.00. The summed E-state index contributed by atoms with van der Waals surface area (Å²) < 4.78 is 0. The van der Waals surface area contributed by atoms with Gasteiger partial charge in [0.1, 0.15) is 17.3 Å². The molecule has 1 heterocycles. The third-order valence-electron chi connectivity index (χ3n) is 3.36. The van der Waals surface area contributed by atoms with Crippen LogP contribution in [0.2, 0.25) is 5.15 Å². The monoisotopic (exact) mass is 253 g/mol. The van der Waals surface area contributed by atoms with Crippen LogP contribution >= 0.6 is 11.6 Å². The van der Waals surface area contributed by atoms with Crippen LogP contribution in [-0.2, 0) is 0 Å². The maximum absolute atomic E-state index is 6.15. The highest BCUT2D eigenvalue weighted by molar-refractivity contribution is 6.30. The van der Waals surface area contributed by atoms with Gasteiger partial charge >= 0.3 is 0 Å². The first-order chi connectivity index (χ1) is 8.18. The second kappa shape index (κ2) is 5.67. The lowest BCUT2D eigenvalue weighted by Gasteiger charge is -2.25. The molecule has 0 aliphatic heterocycles. The molecule has 1 fully saturated rings. The van der Waals surface area contributed by atoms with E-state index < -0.39 is 0 Å². The van der Waals surface area contributed by atoms with Crippen molar-refractivity contribution >= 4 is 17.4 Å². The lowest BCUT2D eigenvalue weighted by atomic mass is 9.95. The van der Waals surface area contributed by atoms with Gasteiger partial charge in [0.05, 0.1) is 0 Å². The Morgan fingerprint density at radius 2 is 1.94 bits per heavy atom. The minimum atomic E-state index is 0.342. The number of halogens is 1. The fourth-order valence-electron chi connectivity index (χ4n) is 2.44. The molecule has 4 heteroatoms. The van der Waals surface area contributed by atoms with Crippen molar-refractivity contribution in [3.63, 3.8) is 0 Å². The van der Waals surface area contributed by atoms with E-state index in [1.165, 1.54) is 32.1 Å². The third kappa shape index (κ3) is 3.09. The Morgan fingerprint density at radius 3 is 2.59 bits per heavy atom. The smallest absolute Gasteiger partial charge is 0.138 e. The number of nitrogens with zero attached hydrogens (tertiary/aromatic N) is 2. The Bertz CT molecular complexity index is 373. The summed E-state index contributed by atoms with van der Waals surface area (Å²) in [6.07, 6.45) is 8.00. The quantitative estimate of drug-likeness (QED) is 0.828. The zero-order valence-corrected chi connectivity index (χ0v) is 11.3. The Kier molecular flexibility index (Phi) is 4.21. The van der Waals surface area contributed by atoms with Gasteiger partial charge in [0, 0.05) is 11.6 Å². The maximum Gasteiger partial charge on any atom is 0.138 e. The zero-order valence-electron chi connectivity index (χ0n) is 10.5. The van der Waals surface area contributed by atoms with E-state index in [0.717, 1.165) is 11.4 Å². The molecule has 0 unspecified atom stereocenters. The molecule has 0 radical (unpaired) electrons. The van der Waals surface area contributed by atoms with E-state index in [-0.39, 0.29) is 0 Å². The van der Waals surface area contributed by atoms with E-state index in [1.54, 1.807) is 6.33 Å². The molecule has 1 aliphatic rings. The van der Waals surface area contributed by atoms with Gasteiger partial charge in [-0.15, -0.1) is 0 Å². The first-order valence-electron chi connectivity index (χ1n) is 6.45. The van der Waals surface area contributed by atoms with E-state index in [2.05, 4.69) is 29.1 Å². The van der Waals surface area contributed by atoms with Gasteiger partial charge in [-0.05, 0) is 18.8 Å². The van der Waals surface area contributed by atoms with Crippen LogP contribution in [0.3, 0.4) is 0 Å². The Labute approximate surface area is 108 Å². The van der Waals surface area contributed by atoms with Crippen LogP contribution in [0.1, 0.15) is 57.4 Å². The molecule has 0 atom stereocenters. The summed E-state index contributed by atoms with van der Waals surface area (Å²) in [5.74, 6) is 1.27. The Balaban J connectivity index is 2.16. The molecule has 3 nitrogen and oxygen atoms in total. The van der Waals surface area contributed by atoms with Crippen molar-refractivity contribution in [3.05, 3.63) is 17.0 Å². The van der Waals surface area contributed by atoms with E-state index in [0.29, 0.717) is 17.1 Å². The van der Waals surface area contributed by atoms with Crippen LogP contribution in [0.5, 0.6) is 0 Å². The average Bonchev–Trinajstić information content (AvgIpc) is 2.30. The molecule has 1 aromatic heterocycles. The molecule has 1 N–H and O–H groups in total. The van der Waals surface area contributed by atoms with Gasteiger partial charge in [0.25, 0.3) is 0 Å². The highest BCUT2D eigenvalue weighted by Gasteiger charge is 2.18. The van der Waals surface area contributed by atoms with Gasteiger partial charge in [0.15, 0.2) is 0 Å². The minimum absolute atomic E-state index is 0.342. The molecule has 1 saturated carbocycles. The van der Waals surface area contributed by atoms with E-state index >= 15 is 0 Å². The maximum atomic E-state index is 6.15. The molecular weight excluding hydrogens is 234 g/mol. The molecule has 2 rings (SSSR count). The van der Waals surface area contributed by atoms with Gasteiger partial charge in [-0.1, -0.05) is 44.7 Å². The van der Waals surface area contributed by atoms with Crippen molar-refractivity contribution < 1.29 is 0 Å². The third-order valence-corrected chi connectivity index (χ3v) is 3.66. The predicted molar refractivity (Wildman–Crippen MR) is 71.6 cm³/mol. The van der Waals surface area contributed by atoms with Gasteiger partial charge in [-0.2, -0.15) is 0 Å². The van der Waals surface area contributed by atoms with Gasteiger partial charge in [-0.3, -0.25) is 0 Å². The zero-order chi connectivity index (χ0) is 12.3. The number of anilines is 1. The summed E-state index contributed by atoms with van der Waals surface area (Å²) in [7, 11) is 0. The average molecular weight is 254 g/mol. The highest BCUT2D eigenvalue weighted by atomic mass is 35.5. The summed E-state index contributed by atoms with van der Waals surface area (Å²) >= 11 is 6.15. The molecule has 0 bridgehead atoms. The van der Waals surface area contributed by atoms with E-state index in [4.69, 9.17) is 11.6 Å². The summed E-state index contributed by atoms with van der Waals surface area (Å²) in [4.78, 5) is 8.42. The minimum Gasteiger partial charge on any atom is -0.367 e. The largest absolute Gasteiger partial charge is 0.367 e.